The number of methoxy groups -OCH3 is 1. The molecule has 0 aliphatic carbocycles. The van der Waals surface area contributed by atoms with Gasteiger partial charge in [-0.05, 0) is 17.7 Å². The van der Waals surface area contributed by atoms with Gasteiger partial charge in [-0.3, -0.25) is 10.1 Å². The second-order valence-corrected chi connectivity index (χ2v) is 3.67. The minimum absolute atomic E-state index is 0.130. The number of hydrogen-bond donors (Lipinski definition) is 1. The molecule has 0 bridgehead atoms. The Balaban J connectivity index is 2.52. The number of nitro groups is 1. The summed E-state index contributed by atoms with van der Waals surface area (Å²) in [6, 6.07) is 4.25. The fourth-order valence-electron chi connectivity index (χ4n) is 1.38. The van der Waals surface area contributed by atoms with E-state index < -0.39 is 4.92 Å². The summed E-state index contributed by atoms with van der Waals surface area (Å²) in [7, 11) is 1.57. The SMILES string of the molecule is COCCOCCOc1cc(CO)ccc1[N+](=O)[O-]. The molecule has 0 aliphatic rings. The van der Waals surface area contributed by atoms with Crippen LogP contribution in [0.25, 0.3) is 0 Å². The number of benzene rings is 1. The fourth-order valence-corrected chi connectivity index (χ4v) is 1.38. The second-order valence-electron chi connectivity index (χ2n) is 3.67. The molecule has 0 saturated carbocycles. The fraction of sp³-hybridized carbons (Fsp3) is 0.500. The van der Waals surface area contributed by atoms with Crippen LogP contribution in [0.3, 0.4) is 0 Å². The van der Waals surface area contributed by atoms with Crippen molar-refractivity contribution in [1.82, 2.24) is 0 Å². The quantitative estimate of drug-likeness (QED) is 0.411. The Morgan fingerprint density at radius 2 is 2.00 bits per heavy atom. The van der Waals surface area contributed by atoms with Crippen LogP contribution < -0.4 is 4.74 Å². The summed E-state index contributed by atoms with van der Waals surface area (Å²) in [6.45, 7) is 1.24. The molecule has 0 aliphatic heterocycles. The summed E-state index contributed by atoms with van der Waals surface area (Å²) < 4.78 is 15.3. The van der Waals surface area contributed by atoms with Gasteiger partial charge in [-0.1, -0.05) is 0 Å². The van der Waals surface area contributed by atoms with Gasteiger partial charge < -0.3 is 19.3 Å². The van der Waals surface area contributed by atoms with Crippen LogP contribution in [-0.2, 0) is 16.1 Å². The van der Waals surface area contributed by atoms with Crippen molar-refractivity contribution in [3.8, 4) is 5.75 Å². The number of hydrogen-bond acceptors (Lipinski definition) is 6. The van der Waals surface area contributed by atoms with E-state index in [1.807, 2.05) is 0 Å². The third kappa shape index (κ3) is 5.21. The number of aliphatic hydroxyl groups is 1. The Morgan fingerprint density at radius 3 is 2.63 bits per heavy atom. The van der Waals surface area contributed by atoms with E-state index in [-0.39, 0.29) is 24.7 Å². The van der Waals surface area contributed by atoms with Gasteiger partial charge in [0, 0.05) is 13.2 Å². The molecule has 0 spiro atoms. The molecule has 7 heteroatoms. The Kier molecular flexibility index (Phi) is 6.80. The second kappa shape index (κ2) is 8.41. The Bertz CT molecular complexity index is 409. The minimum Gasteiger partial charge on any atom is -0.484 e. The van der Waals surface area contributed by atoms with Gasteiger partial charge >= 0.3 is 5.69 Å². The highest BCUT2D eigenvalue weighted by molar-refractivity contribution is 5.48. The van der Waals surface area contributed by atoms with Gasteiger partial charge in [0.25, 0.3) is 0 Å². The standard InChI is InChI=1S/C12H17NO6/c1-17-4-5-18-6-7-19-12-8-10(9-14)2-3-11(12)13(15)16/h2-3,8,14H,4-7,9H2,1H3. The van der Waals surface area contributed by atoms with Crippen LogP contribution in [0.15, 0.2) is 18.2 Å². The van der Waals surface area contributed by atoms with Crippen molar-refractivity contribution in [2.75, 3.05) is 33.5 Å². The summed E-state index contributed by atoms with van der Waals surface area (Å²) in [5, 5.41) is 19.8. The number of ether oxygens (including phenoxy) is 3. The number of nitrogens with zero attached hydrogens (tertiary/aromatic N) is 1. The third-order valence-corrected chi connectivity index (χ3v) is 2.32. The maximum absolute atomic E-state index is 10.8. The highest BCUT2D eigenvalue weighted by Crippen LogP contribution is 2.27. The van der Waals surface area contributed by atoms with E-state index in [9.17, 15) is 10.1 Å². The van der Waals surface area contributed by atoms with Gasteiger partial charge in [0.2, 0.25) is 0 Å². The van der Waals surface area contributed by atoms with Gasteiger partial charge in [0.05, 0.1) is 31.4 Å². The molecule has 0 fully saturated rings. The van der Waals surface area contributed by atoms with Crippen LogP contribution in [0.5, 0.6) is 5.75 Å². The van der Waals surface area contributed by atoms with Crippen LogP contribution in [0.2, 0.25) is 0 Å². The van der Waals surface area contributed by atoms with Gasteiger partial charge in [-0.2, -0.15) is 0 Å². The van der Waals surface area contributed by atoms with Gasteiger partial charge in [0.15, 0.2) is 5.75 Å². The molecule has 1 rings (SSSR count). The van der Waals surface area contributed by atoms with E-state index in [0.717, 1.165) is 0 Å². The van der Waals surface area contributed by atoms with Crippen molar-refractivity contribution in [3.05, 3.63) is 33.9 Å². The van der Waals surface area contributed by atoms with E-state index in [1.165, 1.54) is 18.2 Å². The van der Waals surface area contributed by atoms with Crippen molar-refractivity contribution in [2.24, 2.45) is 0 Å². The van der Waals surface area contributed by atoms with E-state index in [1.54, 1.807) is 7.11 Å². The topological polar surface area (TPSA) is 91.1 Å². The molecule has 7 nitrogen and oxygen atoms in total. The Hall–Kier alpha value is -1.70. The highest BCUT2D eigenvalue weighted by Gasteiger charge is 2.15. The molecule has 0 unspecified atom stereocenters. The summed E-state index contributed by atoms with van der Waals surface area (Å²) in [6.07, 6.45) is 0. The molecule has 1 N–H and O–H groups in total. The van der Waals surface area contributed by atoms with E-state index in [2.05, 4.69) is 0 Å². The van der Waals surface area contributed by atoms with E-state index in [4.69, 9.17) is 19.3 Å². The molecule has 0 heterocycles. The highest BCUT2D eigenvalue weighted by atomic mass is 16.6. The first-order chi connectivity index (χ1) is 9.19. The van der Waals surface area contributed by atoms with Crippen LogP contribution in [-0.4, -0.2) is 43.6 Å². The molecule has 0 radical (unpaired) electrons. The van der Waals surface area contributed by atoms with Crippen molar-refractivity contribution in [1.29, 1.82) is 0 Å². The van der Waals surface area contributed by atoms with Gasteiger partial charge in [0.1, 0.15) is 6.61 Å². The zero-order valence-electron chi connectivity index (χ0n) is 10.7. The zero-order chi connectivity index (χ0) is 14.1. The molecular formula is C12H17NO6. The molecule has 0 aromatic heterocycles. The van der Waals surface area contributed by atoms with Crippen molar-refractivity contribution in [2.45, 2.75) is 6.61 Å². The summed E-state index contributed by atoms with van der Waals surface area (Å²) in [5.41, 5.74) is 0.426. The van der Waals surface area contributed by atoms with Crippen LogP contribution in [0, 0.1) is 10.1 Å². The van der Waals surface area contributed by atoms with Crippen molar-refractivity contribution >= 4 is 5.69 Å². The average Bonchev–Trinajstić information content (AvgIpc) is 2.42. The molecule has 0 saturated heterocycles. The normalized spacial score (nSPS) is 10.4. The molecular weight excluding hydrogens is 254 g/mol. The maximum atomic E-state index is 10.8. The molecule has 106 valence electrons. The van der Waals surface area contributed by atoms with Crippen molar-refractivity contribution in [3.63, 3.8) is 0 Å². The molecule has 1 aromatic rings. The lowest BCUT2D eigenvalue weighted by molar-refractivity contribution is -0.385. The first-order valence-corrected chi connectivity index (χ1v) is 5.76. The lowest BCUT2D eigenvalue weighted by Gasteiger charge is -2.08. The first kappa shape index (κ1) is 15.4. The first-order valence-electron chi connectivity index (χ1n) is 5.76. The molecule has 0 atom stereocenters. The Morgan fingerprint density at radius 1 is 1.26 bits per heavy atom. The number of aliphatic hydroxyl groups excluding tert-OH is 1. The maximum Gasteiger partial charge on any atom is 0.310 e. The molecule has 19 heavy (non-hydrogen) atoms. The van der Waals surface area contributed by atoms with Crippen LogP contribution in [0.1, 0.15) is 5.56 Å². The van der Waals surface area contributed by atoms with Crippen molar-refractivity contribution < 1.29 is 24.2 Å². The molecule has 0 amide bonds. The lowest BCUT2D eigenvalue weighted by Crippen LogP contribution is -2.10. The minimum atomic E-state index is -0.526. The predicted octanol–water partition coefficient (Wildman–Crippen LogP) is 1.13. The predicted molar refractivity (Wildman–Crippen MR) is 67.2 cm³/mol. The Labute approximate surface area is 110 Å². The van der Waals surface area contributed by atoms with Crippen LogP contribution in [0.4, 0.5) is 5.69 Å². The average molecular weight is 271 g/mol. The van der Waals surface area contributed by atoms with E-state index >= 15 is 0 Å². The largest absolute Gasteiger partial charge is 0.484 e. The summed E-state index contributed by atoms with van der Waals surface area (Å²) in [4.78, 5) is 10.3. The van der Waals surface area contributed by atoms with E-state index in [0.29, 0.717) is 25.4 Å². The summed E-state index contributed by atoms with van der Waals surface area (Å²) >= 11 is 0. The monoisotopic (exact) mass is 271 g/mol. The van der Waals surface area contributed by atoms with Gasteiger partial charge in [-0.25, -0.2) is 0 Å². The summed E-state index contributed by atoms with van der Waals surface area (Å²) in [5.74, 6) is 0.131. The lowest BCUT2D eigenvalue weighted by atomic mass is 10.2. The van der Waals surface area contributed by atoms with Gasteiger partial charge in [-0.15, -0.1) is 0 Å². The molecule has 1 aromatic carbocycles. The smallest absolute Gasteiger partial charge is 0.310 e. The third-order valence-electron chi connectivity index (χ3n) is 2.32. The zero-order valence-corrected chi connectivity index (χ0v) is 10.7. The number of nitro benzene ring substituents is 1. The van der Waals surface area contributed by atoms with Crippen LogP contribution >= 0.6 is 0 Å². The number of rotatable bonds is 9.